The van der Waals surface area contributed by atoms with E-state index in [4.69, 9.17) is 9.47 Å². The monoisotopic (exact) mass is 381 g/mol. The number of nitrogens with one attached hydrogen (secondary N) is 1. The molecule has 1 aliphatic rings. The van der Waals surface area contributed by atoms with Gasteiger partial charge in [-0.15, -0.1) is 11.3 Å². The van der Waals surface area contributed by atoms with Crippen LogP contribution in [0.3, 0.4) is 0 Å². The first-order valence-electron chi connectivity index (χ1n) is 8.78. The average molecular weight is 381 g/mol. The lowest BCUT2D eigenvalue weighted by atomic mass is 10.1. The van der Waals surface area contributed by atoms with E-state index in [2.05, 4.69) is 15.3 Å². The first-order valence-corrected chi connectivity index (χ1v) is 9.66. The highest BCUT2D eigenvalue weighted by Crippen LogP contribution is 2.32. The van der Waals surface area contributed by atoms with Crippen LogP contribution in [-0.2, 0) is 17.6 Å². The molecule has 138 valence electrons. The standard InChI is InChI=1S/C20H19N3O3S/c24-19(4-2-14-1-3-17-18(11-14)26-13-25-17)22-10-7-16-12-27-20(23-16)15-5-8-21-9-6-15/h1,3,5-6,8-9,11-12H,2,4,7,10,13H2,(H,22,24). The van der Waals surface area contributed by atoms with Gasteiger partial charge in [0, 0.05) is 42.7 Å². The number of aryl methyl sites for hydroxylation is 1. The number of thiazole rings is 1. The number of benzene rings is 1. The number of carbonyl (C=O) groups excluding carboxylic acids is 1. The lowest BCUT2D eigenvalue weighted by molar-refractivity contribution is -0.121. The molecule has 1 N–H and O–H groups in total. The van der Waals surface area contributed by atoms with Crippen LogP contribution in [0.15, 0.2) is 48.1 Å². The number of hydrogen-bond acceptors (Lipinski definition) is 6. The summed E-state index contributed by atoms with van der Waals surface area (Å²) >= 11 is 1.61. The van der Waals surface area contributed by atoms with E-state index >= 15 is 0 Å². The quantitative estimate of drug-likeness (QED) is 0.680. The van der Waals surface area contributed by atoms with E-state index in [1.165, 1.54) is 0 Å². The van der Waals surface area contributed by atoms with Crippen LogP contribution in [0.4, 0.5) is 0 Å². The van der Waals surface area contributed by atoms with Gasteiger partial charge in [-0.2, -0.15) is 0 Å². The number of pyridine rings is 1. The minimum Gasteiger partial charge on any atom is -0.454 e. The molecule has 0 atom stereocenters. The van der Waals surface area contributed by atoms with E-state index < -0.39 is 0 Å². The molecule has 1 aliphatic heterocycles. The molecule has 1 aromatic carbocycles. The molecule has 0 saturated heterocycles. The molecule has 3 heterocycles. The minimum atomic E-state index is 0.0391. The zero-order chi connectivity index (χ0) is 18.5. The summed E-state index contributed by atoms with van der Waals surface area (Å²) < 4.78 is 10.7. The maximum absolute atomic E-state index is 12.1. The normalized spacial score (nSPS) is 12.1. The Morgan fingerprint density at radius 2 is 1.96 bits per heavy atom. The molecular formula is C20H19N3O3S. The Morgan fingerprint density at radius 3 is 2.85 bits per heavy atom. The molecule has 4 rings (SSSR count). The molecule has 7 heteroatoms. The third-order valence-corrected chi connectivity index (χ3v) is 5.20. The minimum absolute atomic E-state index is 0.0391. The molecule has 6 nitrogen and oxygen atoms in total. The van der Waals surface area contributed by atoms with Crippen LogP contribution in [-0.4, -0.2) is 29.2 Å². The van der Waals surface area contributed by atoms with Crippen LogP contribution in [0.1, 0.15) is 17.7 Å². The summed E-state index contributed by atoms with van der Waals surface area (Å²) in [5.74, 6) is 1.55. The predicted molar refractivity (Wildman–Crippen MR) is 103 cm³/mol. The van der Waals surface area contributed by atoms with Gasteiger partial charge in [0.15, 0.2) is 11.5 Å². The number of aromatic nitrogens is 2. The van der Waals surface area contributed by atoms with Crippen LogP contribution >= 0.6 is 11.3 Å². The van der Waals surface area contributed by atoms with Crippen molar-refractivity contribution in [3.05, 3.63) is 59.4 Å². The molecule has 3 aromatic rings. The van der Waals surface area contributed by atoms with Gasteiger partial charge < -0.3 is 14.8 Å². The van der Waals surface area contributed by atoms with Crippen molar-refractivity contribution in [2.45, 2.75) is 19.3 Å². The number of carbonyl (C=O) groups is 1. The molecule has 0 spiro atoms. The Labute approximate surface area is 161 Å². The average Bonchev–Trinajstić information content (AvgIpc) is 3.36. The molecule has 0 unspecified atom stereocenters. The third kappa shape index (κ3) is 4.43. The first-order chi connectivity index (χ1) is 13.3. The fraction of sp³-hybridized carbons (Fsp3) is 0.250. The van der Waals surface area contributed by atoms with Gasteiger partial charge in [0.1, 0.15) is 5.01 Å². The Kier molecular flexibility index (Phi) is 5.29. The molecule has 0 radical (unpaired) electrons. The van der Waals surface area contributed by atoms with E-state index in [1.54, 1.807) is 23.7 Å². The SMILES string of the molecule is O=C(CCc1ccc2c(c1)OCO2)NCCc1csc(-c2ccncc2)n1. The van der Waals surface area contributed by atoms with Crippen molar-refractivity contribution in [3.8, 4) is 22.1 Å². The second kappa shape index (κ2) is 8.18. The van der Waals surface area contributed by atoms with E-state index in [0.717, 1.165) is 39.7 Å². The van der Waals surface area contributed by atoms with Crippen molar-refractivity contribution in [3.63, 3.8) is 0 Å². The maximum Gasteiger partial charge on any atom is 0.231 e. The van der Waals surface area contributed by atoms with E-state index in [1.807, 2.05) is 35.7 Å². The summed E-state index contributed by atoms with van der Waals surface area (Å²) in [7, 11) is 0. The van der Waals surface area contributed by atoms with Crippen LogP contribution in [0.25, 0.3) is 10.6 Å². The molecule has 0 aliphatic carbocycles. The second-order valence-electron chi connectivity index (χ2n) is 6.17. The van der Waals surface area contributed by atoms with Gasteiger partial charge >= 0.3 is 0 Å². The Hall–Kier alpha value is -2.93. The van der Waals surface area contributed by atoms with Gasteiger partial charge in [-0.25, -0.2) is 4.98 Å². The molecular weight excluding hydrogens is 362 g/mol. The number of rotatable bonds is 7. The highest BCUT2D eigenvalue weighted by atomic mass is 32.1. The van der Waals surface area contributed by atoms with Crippen LogP contribution in [0, 0.1) is 0 Å². The summed E-state index contributed by atoms with van der Waals surface area (Å²) in [5, 5.41) is 5.97. The van der Waals surface area contributed by atoms with Gasteiger partial charge in [0.05, 0.1) is 5.69 Å². The van der Waals surface area contributed by atoms with Crippen LogP contribution in [0.2, 0.25) is 0 Å². The first kappa shape index (κ1) is 17.5. The van der Waals surface area contributed by atoms with E-state index in [9.17, 15) is 4.79 Å². The lowest BCUT2D eigenvalue weighted by Gasteiger charge is -2.05. The van der Waals surface area contributed by atoms with Gasteiger partial charge in [0.2, 0.25) is 12.7 Å². The summed E-state index contributed by atoms with van der Waals surface area (Å²) in [4.78, 5) is 20.7. The van der Waals surface area contributed by atoms with Crippen molar-refractivity contribution in [1.29, 1.82) is 0 Å². The highest BCUT2D eigenvalue weighted by molar-refractivity contribution is 7.13. The highest BCUT2D eigenvalue weighted by Gasteiger charge is 2.13. The lowest BCUT2D eigenvalue weighted by Crippen LogP contribution is -2.25. The maximum atomic E-state index is 12.1. The molecule has 27 heavy (non-hydrogen) atoms. The van der Waals surface area contributed by atoms with E-state index in [0.29, 0.717) is 19.4 Å². The topological polar surface area (TPSA) is 73.3 Å². The molecule has 1 amide bonds. The summed E-state index contributed by atoms with van der Waals surface area (Å²) in [6, 6.07) is 9.68. The summed E-state index contributed by atoms with van der Waals surface area (Å²) in [5.41, 5.74) is 3.12. The van der Waals surface area contributed by atoms with Crippen molar-refractivity contribution in [2.75, 3.05) is 13.3 Å². The smallest absolute Gasteiger partial charge is 0.231 e. The van der Waals surface area contributed by atoms with Crippen LogP contribution in [0.5, 0.6) is 11.5 Å². The van der Waals surface area contributed by atoms with Crippen molar-refractivity contribution in [1.82, 2.24) is 15.3 Å². The predicted octanol–water partition coefficient (Wildman–Crippen LogP) is 3.23. The molecule has 0 saturated carbocycles. The number of ether oxygens (including phenoxy) is 2. The molecule has 0 fully saturated rings. The van der Waals surface area contributed by atoms with Gasteiger partial charge in [-0.05, 0) is 36.2 Å². The second-order valence-corrected chi connectivity index (χ2v) is 7.03. The largest absolute Gasteiger partial charge is 0.454 e. The zero-order valence-electron chi connectivity index (χ0n) is 14.7. The number of fused-ring (bicyclic) bond motifs is 1. The van der Waals surface area contributed by atoms with Gasteiger partial charge in [-0.1, -0.05) is 6.07 Å². The number of amides is 1. The number of hydrogen-bond donors (Lipinski definition) is 1. The fourth-order valence-electron chi connectivity index (χ4n) is 2.82. The summed E-state index contributed by atoms with van der Waals surface area (Å²) in [6.07, 6.45) is 5.36. The van der Waals surface area contributed by atoms with E-state index in [-0.39, 0.29) is 12.7 Å². The van der Waals surface area contributed by atoms with Crippen molar-refractivity contribution in [2.24, 2.45) is 0 Å². The van der Waals surface area contributed by atoms with Gasteiger partial charge in [-0.3, -0.25) is 9.78 Å². The molecule has 0 bridgehead atoms. The Balaban J connectivity index is 1.21. The number of nitrogens with zero attached hydrogens (tertiary/aromatic N) is 2. The fourth-order valence-corrected chi connectivity index (χ4v) is 3.68. The third-order valence-electron chi connectivity index (χ3n) is 4.26. The summed E-state index contributed by atoms with van der Waals surface area (Å²) in [6.45, 7) is 0.845. The Bertz CT molecular complexity index is 927. The zero-order valence-corrected chi connectivity index (χ0v) is 15.5. The van der Waals surface area contributed by atoms with Crippen LogP contribution < -0.4 is 14.8 Å². The Morgan fingerprint density at radius 1 is 1.11 bits per heavy atom. The van der Waals surface area contributed by atoms with Crippen molar-refractivity contribution >= 4 is 17.2 Å². The molecule has 2 aromatic heterocycles. The van der Waals surface area contributed by atoms with Gasteiger partial charge in [0.25, 0.3) is 0 Å². The van der Waals surface area contributed by atoms with Crippen molar-refractivity contribution < 1.29 is 14.3 Å².